The number of benzene rings is 2. The molecule has 2 N–H and O–H groups in total. The Bertz CT molecular complexity index is 671. The van der Waals surface area contributed by atoms with Crippen molar-refractivity contribution in [1.29, 1.82) is 0 Å². The van der Waals surface area contributed by atoms with Crippen LogP contribution < -0.4 is 10.6 Å². The predicted octanol–water partition coefficient (Wildman–Crippen LogP) is 4.01. The number of hydrogen-bond acceptors (Lipinski definition) is 2. The summed E-state index contributed by atoms with van der Waals surface area (Å²) in [6, 6.07) is 19.5. The lowest BCUT2D eigenvalue weighted by Crippen LogP contribution is -2.36. The molecule has 0 amide bonds. The maximum atomic E-state index is 4.32. The van der Waals surface area contributed by atoms with E-state index < -0.39 is 0 Å². The molecule has 26 heavy (non-hydrogen) atoms. The Hall–Kier alpha value is -1.60. The molecule has 2 aromatic rings. The zero-order valence-electron chi connectivity index (χ0n) is 16.2. The largest absolute Gasteiger partial charge is 0.352 e. The van der Waals surface area contributed by atoms with Crippen LogP contribution in [0.25, 0.3) is 0 Å². The quantitative estimate of drug-likeness (QED) is 0.368. The summed E-state index contributed by atoms with van der Waals surface area (Å²) in [7, 11) is 3.97. The smallest absolute Gasteiger partial charge is 0.191 e. The van der Waals surface area contributed by atoms with Gasteiger partial charge < -0.3 is 10.6 Å². The van der Waals surface area contributed by atoms with Gasteiger partial charge in [0, 0.05) is 32.7 Å². The number of guanidine groups is 1. The van der Waals surface area contributed by atoms with Crippen LogP contribution in [0, 0.1) is 0 Å². The van der Waals surface area contributed by atoms with Gasteiger partial charge in [0.25, 0.3) is 0 Å². The van der Waals surface area contributed by atoms with Gasteiger partial charge in [0.15, 0.2) is 5.96 Å². The Morgan fingerprint density at radius 3 is 2.12 bits per heavy atom. The lowest BCUT2D eigenvalue weighted by molar-refractivity contribution is 0.265. The predicted molar refractivity (Wildman–Crippen MR) is 122 cm³/mol. The van der Waals surface area contributed by atoms with E-state index in [1.54, 1.807) is 7.05 Å². The molecule has 0 aliphatic carbocycles. The van der Waals surface area contributed by atoms with Gasteiger partial charge in [-0.3, -0.25) is 9.89 Å². The maximum Gasteiger partial charge on any atom is 0.191 e. The first-order valence-electron chi connectivity index (χ1n) is 8.85. The molecule has 0 unspecified atom stereocenters. The second-order valence-electron chi connectivity index (χ2n) is 6.54. The summed E-state index contributed by atoms with van der Waals surface area (Å²) in [5, 5.41) is 6.78. The van der Waals surface area contributed by atoms with Crippen LogP contribution in [0.1, 0.15) is 30.5 Å². The van der Waals surface area contributed by atoms with Crippen molar-refractivity contribution in [2.75, 3.05) is 14.1 Å². The summed E-state index contributed by atoms with van der Waals surface area (Å²) in [6.45, 7) is 6.91. The molecular formula is C21H31IN4. The van der Waals surface area contributed by atoms with Crippen molar-refractivity contribution in [3.05, 3.63) is 71.3 Å². The van der Waals surface area contributed by atoms with Gasteiger partial charge in [-0.2, -0.15) is 0 Å². The molecular weight excluding hydrogens is 435 g/mol. The number of rotatable bonds is 7. The molecule has 0 aliphatic heterocycles. The van der Waals surface area contributed by atoms with Crippen LogP contribution in [0.3, 0.4) is 0 Å². The molecule has 0 saturated heterocycles. The minimum absolute atomic E-state index is 0. The van der Waals surface area contributed by atoms with Gasteiger partial charge in [0.1, 0.15) is 0 Å². The normalized spacial score (nSPS) is 11.4. The standard InChI is InChI=1S/C21H30N4.HI/c1-17(2)25(4)16-20-13-9-8-12-19(20)15-24-21(22-3)23-14-18-10-6-5-7-11-18;/h5-13,17H,14-16H2,1-4H3,(H2,22,23,24);1H. The molecule has 0 aliphatic rings. The van der Waals surface area contributed by atoms with Gasteiger partial charge in [0.2, 0.25) is 0 Å². The van der Waals surface area contributed by atoms with Crippen LogP contribution in [-0.2, 0) is 19.6 Å². The van der Waals surface area contributed by atoms with E-state index in [9.17, 15) is 0 Å². The van der Waals surface area contributed by atoms with Crippen molar-refractivity contribution >= 4 is 29.9 Å². The Labute approximate surface area is 175 Å². The highest BCUT2D eigenvalue weighted by Gasteiger charge is 2.08. The third kappa shape index (κ3) is 7.33. The first-order chi connectivity index (χ1) is 12.1. The van der Waals surface area contributed by atoms with Crippen molar-refractivity contribution in [2.45, 2.75) is 39.5 Å². The molecule has 0 spiro atoms. The van der Waals surface area contributed by atoms with E-state index in [0.717, 1.165) is 25.6 Å². The van der Waals surface area contributed by atoms with Crippen molar-refractivity contribution in [2.24, 2.45) is 4.99 Å². The Kier molecular flexibility index (Phi) is 10.3. The third-order valence-corrected chi connectivity index (χ3v) is 4.39. The van der Waals surface area contributed by atoms with E-state index in [-0.39, 0.29) is 24.0 Å². The van der Waals surface area contributed by atoms with Crippen LogP contribution in [0.15, 0.2) is 59.6 Å². The lowest BCUT2D eigenvalue weighted by atomic mass is 10.1. The van der Waals surface area contributed by atoms with Gasteiger partial charge >= 0.3 is 0 Å². The highest BCUT2D eigenvalue weighted by Crippen LogP contribution is 2.12. The summed E-state index contributed by atoms with van der Waals surface area (Å²) in [4.78, 5) is 6.67. The van der Waals surface area contributed by atoms with Crippen LogP contribution in [0.5, 0.6) is 0 Å². The first kappa shape index (κ1) is 22.4. The molecule has 0 radical (unpaired) electrons. The molecule has 0 aromatic heterocycles. The average Bonchev–Trinajstić information content (AvgIpc) is 2.63. The van der Waals surface area contributed by atoms with E-state index in [1.165, 1.54) is 16.7 Å². The zero-order valence-corrected chi connectivity index (χ0v) is 18.5. The SMILES string of the molecule is CN=C(NCc1ccccc1)NCc1ccccc1CN(C)C(C)C.I. The van der Waals surface area contributed by atoms with Crippen LogP contribution in [0.4, 0.5) is 0 Å². The molecule has 0 bridgehead atoms. The molecule has 0 heterocycles. The number of hydrogen-bond donors (Lipinski definition) is 2. The minimum Gasteiger partial charge on any atom is -0.352 e. The first-order valence-corrected chi connectivity index (χ1v) is 8.85. The number of nitrogens with one attached hydrogen (secondary N) is 2. The fourth-order valence-electron chi connectivity index (χ4n) is 2.52. The third-order valence-electron chi connectivity index (χ3n) is 4.39. The van der Waals surface area contributed by atoms with E-state index in [4.69, 9.17) is 0 Å². The van der Waals surface area contributed by atoms with Crippen molar-refractivity contribution in [1.82, 2.24) is 15.5 Å². The molecule has 2 aromatic carbocycles. The topological polar surface area (TPSA) is 39.7 Å². The van der Waals surface area contributed by atoms with Gasteiger partial charge in [-0.1, -0.05) is 54.6 Å². The Balaban J connectivity index is 0.00000338. The molecule has 0 atom stereocenters. The molecule has 4 nitrogen and oxygen atoms in total. The summed E-state index contributed by atoms with van der Waals surface area (Å²) >= 11 is 0. The summed E-state index contributed by atoms with van der Waals surface area (Å²) in [5.74, 6) is 0.816. The van der Waals surface area contributed by atoms with Gasteiger partial charge in [-0.15, -0.1) is 24.0 Å². The average molecular weight is 466 g/mol. The fraction of sp³-hybridized carbons (Fsp3) is 0.381. The van der Waals surface area contributed by atoms with Crippen LogP contribution in [-0.4, -0.2) is 31.0 Å². The van der Waals surface area contributed by atoms with Crippen LogP contribution in [0.2, 0.25) is 0 Å². The monoisotopic (exact) mass is 466 g/mol. The number of nitrogens with zero attached hydrogens (tertiary/aromatic N) is 2. The number of aliphatic imine (C=N–C) groups is 1. The molecule has 0 fully saturated rings. The maximum absolute atomic E-state index is 4.32. The van der Waals surface area contributed by atoms with Crippen molar-refractivity contribution < 1.29 is 0 Å². The van der Waals surface area contributed by atoms with Gasteiger partial charge in [0.05, 0.1) is 0 Å². The van der Waals surface area contributed by atoms with Crippen molar-refractivity contribution in [3.63, 3.8) is 0 Å². The van der Waals surface area contributed by atoms with Gasteiger partial charge in [-0.25, -0.2) is 0 Å². The highest BCUT2D eigenvalue weighted by atomic mass is 127. The second kappa shape index (κ2) is 11.9. The zero-order chi connectivity index (χ0) is 18.1. The number of halogens is 1. The minimum atomic E-state index is 0. The molecule has 0 saturated carbocycles. The summed E-state index contributed by atoms with van der Waals surface area (Å²) < 4.78 is 0. The van der Waals surface area contributed by atoms with E-state index >= 15 is 0 Å². The van der Waals surface area contributed by atoms with Crippen molar-refractivity contribution in [3.8, 4) is 0 Å². The van der Waals surface area contributed by atoms with E-state index in [2.05, 4.69) is 90.0 Å². The van der Waals surface area contributed by atoms with E-state index in [1.807, 2.05) is 6.07 Å². The Morgan fingerprint density at radius 1 is 0.923 bits per heavy atom. The fourth-order valence-corrected chi connectivity index (χ4v) is 2.52. The molecule has 142 valence electrons. The van der Waals surface area contributed by atoms with Crippen LogP contribution >= 0.6 is 24.0 Å². The highest BCUT2D eigenvalue weighted by molar-refractivity contribution is 14.0. The molecule has 2 rings (SSSR count). The molecule has 5 heteroatoms. The summed E-state index contributed by atoms with van der Waals surface area (Å²) in [6.07, 6.45) is 0. The van der Waals surface area contributed by atoms with E-state index in [0.29, 0.717) is 6.04 Å². The Morgan fingerprint density at radius 2 is 1.50 bits per heavy atom. The van der Waals surface area contributed by atoms with Gasteiger partial charge in [-0.05, 0) is 37.6 Å². The summed E-state index contributed by atoms with van der Waals surface area (Å²) in [5.41, 5.74) is 3.90. The lowest BCUT2D eigenvalue weighted by Gasteiger charge is -2.23. The second-order valence-corrected chi connectivity index (χ2v) is 6.54.